The third kappa shape index (κ3) is 4.19. The van der Waals surface area contributed by atoms with Crippen LogP contribution < -0.4 is 4.74 Å². The average molecular weight is 478 g/mol. The molecule has 1 atom stereocenters. The second-order valence-corrected chi connectivity index (χ2v) is 9.55. The van der Waals surface area contributed by atoms with Gasteiger partial charge in [0.25, 0.3) is 0 Å². The number of ether oxygens (including phenoxy) is 1. The number of aryl methyl sites for hydroxylation is 1. The zero-order valence-electron chi connectivity index (χ0n) is 21.1. The molecular formula is C31H31N3O2. The van der Waals surface area contributed by atoms with Gasteiger partial charge in [-0.1, -0.05) is 56.3 Å². The van der Waals surface area contributed by atoms with Crippen LogP contribution in [0.4, 0.5) is 0 Å². The number of imidazole rings is 1. The largest absolute Gasteiger partial charge is 0.488 e. The normalized spacial score (nSPS) is 14.9. The highest BCUT2D eigenvalue weighted by molar-refractivity contribution is 5.88. The fourth-order valence-electron chi connectivity index (χ4n) is 5.15. The lowest BCUT2D eigenvalue weighted by Gasteiger charge is -2.14. The van der Waals surface area contributed by atoms with Gasteiger partial charge in [-0.15, -0.1) is 0 Å². The number of aliphatic hydroxyl groups excluding tert-OH is 1. The summed E-state index contributed by atoms with van der Waals surface area (Å²) in [6, 6.07) is 23.0. The van der Waals surface area contributed by atoms with Crippen molar-refractivity contribution in [2.24, 2.45) is 0 Å². The van der Waals surface area contributed by atoms with Gasteiger partial charge < -0.3 is 14.4 Å². The molecule has 1 unspecified atom stereocenters. The molecule has 1 aromatic heterocycles. The number of fused-ring (bicyclic) bond motifs is 3. The Morgan fingerprint density at radius 3 is 2.75 bits per heavy atom. The molecular weight excluding hydrogens is 446 g/mol. The van der Waals surface area contributed by atoms with E-state index in [-0.39, 0.29) is 12.5 Å². The molecule has 0 aliphatic carbocycles. The highest BCUT2D eigenvalue weighted by atomic mass is 16.5. The highest BCUT2D eigenvalue weighted by Gasteiger charge is 2.22. The Morgan fingerprint density at radius 1 is 1.14 bits per heavy atom. The Hall–Kier alpha value is -3.88. The van der Waals surface area contributed by atoms with Crippen molar-refractivity contribution in [2.45, 2.75) is 52.7 Å². The van der Waals surface area contributed by atoms with Crippen LogP contribution in [-0.4, -0.2) is 21.3 Å². The summed E-state index contributed by atoms with van der Waals surface area (Å²) in [4.78, 5) is 5.03. The molecule has 0 amide bonds. The van der Waals surface area contributed by atoms with E-state index in [1.807, 2.05) is 38.1 Å². The lowest BCUT2D eigenvalue weighted by Crippen LogP contribution is -2.07. The first kappa shape index (κ1) is 23.8. The van der Waals surface area contributed by atoms with Crippen molar-refractivity contribution >= 4 is 16.6 Å². The van der Waals surface area contributed by atoms with Crippen molar-refractivity contribution in [3.05, 3.63) is 99.9 Å². The molecule has 3 aromatic carbocycles. The summed E-state index contributed by atoms with van der Waals surface area (Å²) < 4.78 is 8.49. The second-order valence-electron chi connectivity index (χ2n) is 9.55. The first-order chi connectivity index (χ1) is 17.5. The van der Waals surface area contributed by atoms with Crippen molar-refractivity contribution in [3.63, 3.8) is 0 Å². The van der Waals surface area contributed by atoms with E-state index in [1.165, 1.54) is 0 Å². The minimum atomic E-state index is 0.0337. The van der Waals surface area contributed by atoms with Gasteiger partial charge in [0, 0.05) is 42.2 Å². The Kier molecular flexibility index (Phi) is 6.63. The van der Waals surface area contributed by atoms with Crippen molar-refractivity contribution < 1.29 is 9.84 Å². The van der Waals surface area contributed by atoms with Gasteiger partial charge in [0.05, 0.1) is 17.1 Å². The van der Waals surface area contributed by atoms with Crippen LogP contribution in [-0.2, 0) is 19.6 Å². The van der Waals surface area contributed by atoms with E-state index in [0.717, 1.165) is 68.8 Å². The van der Waals surface area contributed by atoms with Gasteiger partial charge in [-0.2, -0.15) is 5.26 Å². The molecule has 0 radical (unpaired) electrons. The lowest BCUT2D eigenvalue weighted by molar-refractivity contribution is 0.273. The summed E-state index contributed by atoms with van der Waals surface area (Å²) in [5.41, 5.74) is 9.01. The zero-order chi connectivity index (χ0) is 25.2. The Balaban J connectivity index is 1.60. The average Bonchev–Trinajstić information content (AvgIpc) is 3.15. The third-order valence-electron chi connectivity index (χ3n) is 7.03. The number of benzene rings is 3. The van der Waals surface area contributed by atoms with E-state index in [0.29, 0.717) is 18.7 Å². The molecule has 182 valence electrons. The number of nitrogens with zero attached hydrogens (tertiary/aromatic N) is 3. The maximum Gasteiger partial charge on any atom is 0.127 e. The van der Waals surface area contributed by atoms with Crippen molar-refractivity contribution in [3.8, 4) is 11.8 Å². The van der Waals surface area contributed by atoms with Crippen molar-refractivity contribution in [1.29, 1.82) is 5.26 Å². The van der Waals surface area contributed by atoms with E-state index in [9.17, 15) is 10.4 Å². The molecule has 0 bridgehead atoms. The van der Waals surface area contributed by atoms with Gasteiger partial charge in [-0.3, -0.25) is 0 Å². The number of nitriles is 1. The molecule has 4 aromatic rings. The molecule has 0 spiro atoms. The van der Waals surface area contributed by atoms with Crippen LogP contribution in [0.2, 0.25) is 0 Å². The van der Waals surface area contributed by atoms with E-state index in [1.54, 1.807) is 0 Å². The second kappa shape index (κ2) is 10.0. The molecule has 0 saturated carbocycles. The van der Waals surface area contributed by atoms with Gasteiger partial charge in [-0.05, 0) is 53.8 Å². The number of aromatic nitrogens is 2. The minimum Gasteiger partial charge on any atom is -0.488 e. The number of aliphatic hydroxyl groups is 1. The van der Waals surface area contributed by atoms with E-state index in [4.69, 9.17) is 9.72 Å². The fourth-order valence-corrected chi connectivity index (χ4v) is 5.15. The van der Waals surface area contributed by atoms with Crippen molar-refractivity contribution in [2.75, 3.05) is 6.61 Å². The van der Waals surface area contributed by atoms with Gasteiger partial charge in [0.2, 0.25) is 0 Å². The molecule has 1 aliphatic rings. The van der Waals surface area contributed by atoms with Crippen LogP contribution in [0, 0.1) is 11.3 Å². The standard InChI is InChI=1S/C31H31N3O2/c1-4-8-29-33-31-24(21(3)18-35)10-7-11-27(31)34(29)17-22-13-14-25-23(15-22)19-36-28-12-6-5-9-26(28)30(25)20(2)16-32/h5-7,9-15,21,35H,4,8,17-19H2,1-3H3. The maximum absolute atomic E-state index is 9.77. The summed E-state index contributed by atoms with van der Waals surface area (Å²) in [6.45, 7) is 7.32. The van der Waals surface area contributed by atoms with Gasteiger partial charge >= 0.3 is 0 Å². The van der Waals surface area contributed by atoms with Crippen LogP contribution >= 0.6 is 0 Å². The molecule has 0 saturated heterocycles. The fraction of sp³-hybridized carbons (Fsp3) is 0.290. The number of hydrogen-bond acceptors (Lipinski definition) is 4. The predicted molar refractivity (Wildman–Crippen MR) is 143 cm³/mol. The minimum absolute atomic E-state index is 0.0337. The number of allylic oxidation sites excluding steroid dienone is 1. The Bertz CT molecular complexity index is 1510. The van der Waals surface area contributed by atoms with Crippen LogP contribution in [0.5, 0.6) is 5.75 Å². The molecule has 1 N–H and O–H groups in total. The first-order valence-corrected chi connectivity index (χ1v) is 12.6. The lowest BCUT2D eigenvalue weighted by atomic mass is 9.90. The summed E-state index contributed by atoms with van der Waals surface area (Å²) in [5, 5.41) is 19.5. The van der Waals surface area contributed by atoms with Crippen LogP contribution in [0.3, 0.4) is 0 Å². The quantitative estimate of drug-likeness (QED) is 0.328. The molecule has 5 rings (SSSR count). The molecule has 36 heavy (non-hydrogen) atoms. The van der Waals surface area contributed by atoms with Crippen LogP contribution in [0.25, 0.3) is 16.6 Å². The number of hydrogen-bond donors (Lipinski definition) is 1. The summed E-state index contributed by atoms with van der Waals surface area (Å²) in [6.07, 6.45) is 1.89. The van der Waals surface area contributed by atoms with Crippen molar-refractivity contribution in [1.82, 2.24) is 9.55 Å². The first-order valence-electron chi connectivity index (χ1n) is 12.6. The summed E-state index contributed by atoms with van der Waals surface area (Å²) in [5.74, 6) is 1.90. The smallest absolute Gasteiger partial charge is 0.127 e. The molecule has 0 fully saturated rings. The van der Waals surface area contributed by atoms with E-state index < -0.39 is 0 Å². The molecule has 5 nitrogen and oxygen atoms in total. The van der Waals surface area contributed by atoms with Gasteiger partial charge in [0.1, 0.15) is 18.2 Å². The molecule has 5 heteroatoms. The topological polar surface area (TPSA) is 71.1 Å². The Morgan fingerprint density at radius 2 is 1.97 bits per heavy atom. The summed E-state index contributed by atoms with van der Waals surface area (Å²) in [7, 11) is 0. The number of para-hydroxylation sites is 2. The SMILES string of the molecule is CCCc1nc2c(C(C)CO)cccc2n1Cc1ccc2c(c1)COc1ccccc1C2=C(C)C#N. The molecule has 2 heterocycles. The highest BCUT2D eigenvalue weighted by Crippen LogP contribution is 2.39. The monoisotopic (exact) mass is 477 g/mol. The van der Waals surface area contributed by atoms with E-state index in [2.05, 4.69) is 54.0 Å². The van der Waals surface area contributed by atoms with Crippen LogP contribution in [0.15, 0.2) is 66.2 Å². The third-order valence-corrected chi connectivity index (χ3v) is 7.03. The van der Waals surface area contributed by atoms with Gasteiger partial charge in [0.15, 0.2) is 0 Å². The predicted octanol–water partition coefficient (Wildman–Crippen LogP) is 6.37. The van der Waals surface area contributed by atoms with E-state index >= 15 is 0 Å². The maximum atomic E-state index is 9.77. The zero-order valence-corrected chi connectivity index (χ0v) is 21.1. The van der Waals surface area contributed by atoms with Gasteiger partial charge in [-0.25, -0.2) is 4.98 Å². The molecule has 1 aliphatic heterocycles. The number of rotatable bonds is 6. The van der Waals surface area contributed by atoms with Crippen LogP contribution in [0.1, 0.15) is 66.8 Å². The summed E-state index contributed by atoms with van der Waals surface area (Å²) >= 11 is 0. The Labute approximate surface area is 212 Å².